The predicted molar refractivity (Wildman–Crippen MR) is 27.1 cm³/mol. The van der Waals surface area contributed by atoms with E-state index in [0.717, 1.165) is 0 Å². The molecule has 0 radical (unpaired) electrons. The van der Waals surface area contributed by atoms with E-state index in [4.69, 9.17) is 10.2 Å². The van der Waals surface area contributed by atoms with E-state index in [9.17, 15) is 8.92 Å². The first-order chi connectivity index (χ1) is 5.45. The van der Waals surface area contributed by atoms with E-state index in [1.807, 2.05) is 0 Å². The van der Waals surface area contributed by atoms with Crippen LogP contribution in [0.5, 0.6) is 0 Å². The van der Waals surface area contributed by atoms with Gasteiger partial charge in [-0.2, -0.15) is 0 Å². The Morgan fingerprint density at radius 3 is 1.25 bits per heavy atom. The minimum Gasteiger partial charge on any atom is -0.427 e. The minimum absolute atomic E-state index is 2.62. The molecule has 2 aliphatic rings. The van der Waals surface area contributed by atoms with Crippen LogP contribution in [0.3, 0.4) is 0 Å². The minimum atomic E-state index is -2.79. The van der Waals surface area contributed by atoms with Gasteiger partial charge in [0.05, 0.1) is 0 Å². The van der Waals surface area contributed by atoms with Gasteiger partial charge < -0.3 is 27.9 Å². The molecule has 0 amide bonds. The van der Waals surface area contributed by atoms with Crippen molar-refractivity contribution >= 4 is 18.3 Å². The van der Waals surface area contributed by atoms with Crippen LogP contribution >= 0.6 is 0 Å². The standard InChI is InChI=1S/C2H2O8Si2/c3-1(7-11(5)8-1)2(4)9-12(6)10-2/h3-4H. The summed E-state index contributed by atoms with van der Waals surface area (Å²) in [5, 5.41) is 18.1. The van der Waals surface area contributed by atoms with Gasteiger partial charge >= 0.3 is 30.3 Å². The molecule has 2 N–H and O–H groups in total. The first-order valence-electron chi connectivity index (χ1n) is 2.74. The summed E-state index contributed by atoms with van der Waals surface area (Å²) < 4.78 is 37.1. The lowest BCUT2D eigenvalue weighted by atomic mass is 10.5. The van der Waals surface area contributed by atoms with E-state index in [2.05, 4.69) is 17.7 Å². The second-order valence-electron chi connectivity index (χ2n) is 2.07. The van der Waals surface area contributed by atoms with Crippen LogP contribution in [0.4, 0.5) is 0 Å². The molecule has 0 saturated carbocycles. The zero-order chi connectivity index (χ0) is 8.98. The van der Waals surface area contributed by atoms with Crippen molar-refractivity contribution in [1.82, 2.24) is 0 Å². The van der Waals surface area contributed by atoms with Crippen LogP contribution in [-0.4, -0.2) is 40.5 Å². The molecule has 12 heavy (non-hydrogen) atoms. The Balaban J connectivity index is 2.10. The van der Waals surface area contributed by atoms with E-state index in [1.165, 1.54) is 0 Å². The molecule has 0 aliphatic carbocycles. The summed E-state index contributed by atoms with van der Waals surface area (Å²) in [7, 11) is -5.57. The maximum absolute atomic E-state index is 10.3. The van der Waals surface area contributed by atoms with Gasteiger partial charge in [0.2, 0.25) is 0 Å². The third-order valence-electron chi connectivity index (χ3n) is 1.29. The number of rotatable bonds is 1. The normalized spacial score (nSPS) is 28.2. The molecule has 0 aromatic carbocycles. The molecule has 66 valence electrons. The first kappa shape index (κ1) is 7.78. The van der Waals surface area contributed by atoms with Crippen molar-refractivity contribution in [2.45, 2.75) is 11.9 Å². The summed E-state index contributed by atoms with van der Waals surface area (Å²) in [4.78, 5) is 0. The summed E-state index contributed by atoms with van der Waals surface area (Å²) in [5.74, 6) is -5.25. The van der Waals surface area contributed by atoms with Crippen LogP contribution in [0.1, 0.15) is 0 Å². The van der Waals surface area contributed by atoms with Crippen LogP contribution in [-0.2, 0) is 26.6 Å². The van der Waals surface area contributed by atoms with Gasteiger partial charge in [0.1, 0.15) is 0 Å². The molecule has 0 aromatic rings. The van der Waals surface area contributed by atoms with Crippen molar-refractivity contribution in [1.29, 1.82) is 0 Å². The number of hydrogen-bond acceptors (Lipinski definition) is 8. The Bertz CT molecular complexity index is 228. The average molecular weight is 210 g/mol. The largest absolute Gasteiger partial charge is 0.777 e. The lowest BCUT2D eigenvalue weighted by Crippen LogP contribution is -2.75. The molecule has 0 unspecified atom stereocenters. The summed E-state index contributed by atoms with van der Waals surface area (Å²) in [6.07, 6.45) is 0. The van der Waals surface area contributed by atoms with E-state index < -0.39 is 30.3 Å². The third-order valence-corrected chi connectivity index (χ3v) is 3.06. The Morgan fingerprint density at radius 1 is 0.833 bits per heavy atom. The molecule has 0 aromatic heterocycles. The lowest BCUT2D eigenvalue weighted by Gasteiger charge is -2.46. The molecule has 2 rings (SSSR count). The Labute approximate surface area is 68.0 Å². The highest BCUT2D eigenvalue weighted by atomic mass is 28.3. The smallest absolute Gasteiger partial charge is 0.427 e. The van der Waals surface area contributed by atoms with Crippen molar-refractivity contribution in [2.75, 3.05) is 0 Å². The van der Waals surface area contributed by atoms with Crippen molar-refractivity contribution in [3.05, 3.63) is 0 Å². The average Bonchev–Trinajstić information content (AvgIpc) is 1.81. The van der Waals surface area contributed by atoms with Gasteiger partial charge in [0.25, 0.3) is 0 Å². The maximum atomic E-state index is 10.3. The highest BCUT2D eigenvalue weighted by molar-refractivity contribution is 6.30. The molecule has 10 heteroatoms. The zero-order valence-corrected chi connectivity index (χ0v) is 7.34. The van der Waals surface area contributed by atoms with Gasteiger partial charge in [-0.3, -0.25) is 8.92 Å². The fourth-order valence-electron chi connectivity index (χ4n) is 0.725. The van der Waals surface area contributed by atoms with Gasteiger partial charge in [-0.05, 0) is 0 Å². The van der Waals surface area contributed by atoms with Gasteiger partial charge in [0.15, 0.2) is 0 Å². The highest BCUT2D eigenvalue weighted by Crippen LogP contribution is 2.38. The second-order valence-corrected chi connectivity index (χ2v) is 3.89. The zero-order valence-electron chi connectivity index (χ0n) is 5.34. The fraction of sp³-hybridized carbons (Fsp3) is 1.00. The van der Waals surface area contributed by atoms with Crippen LogP contribution < -0.4 is 0 Å². The summed E-state index contributed by atoms with van der Waals surface area (Å²) in [5.41, 5.74) is 0. The van der Waals surface area contributed by atoms with Gasteiger partial charge in [-0.1, -0.05) is 0 Å². The van der Waals surface area contributed by atoms with Crippen LogP contribution in [0, 0.1) is 0 Å². The van der Waals surface area contributed by atoms with E-state index >= 15 is 0 Å². The molecule has 2 heterocycles. The molecular formula is C2H2O8Si2. The molecule has 2 aliphatic heterocycles. The number of aliphatic hydroxyl groups is 2. The van der Waals surface area contributed by atoms with E-state index in [1.54, 1.807) is 0 Å². The lowest BCUT2D eigenvalue weighted by molar-refractivity contribution is -0.545. The third kappa shape index (κ3) is 0.768. The topological polar surface area (TPSA) is 112 Å². The predicted octanol–water partition coefficient (Wildman–Crippen LogP) is -2.80. The monoisotopic (exact) mass is 210 g/mol. The second kappa shape index (κ2) is 1.90. The van der Waals surface area contributed by atoms with Crippen LogP contribution in [0.25, 0.3) is 0 Å². The molecule has 0 bridgehead atoms. The Morgan fingerprint density at radius 2 is 1.08 bits per heavy atom. The SMILES string of the molecule is O=[Si]1OC(O)(C2(O)O[Si](=O)O2)O1. The van der Waals surface area contributed by atoms with E-state index in [0.29, 0.717) is 0 Å². The molecule has 0 atom stereocenters. The fourth-order valence-corrected chi connectivity index (χ4v) is 2.18. The Hall–Kier alpha value is -0.846. The van der Waals surface area contributed by atoms with Crippen molar-refractivity contribution in [2.24, 2.45) is 0 Å². The molecule has 0 spiro atoms. The molecular weight excluding hydrogens is 208 g/mol. The summed E-state index contributed by atoms with van der Waals surface area (Å²) >= 11 is 0. The summed E-state index contributed by atoms with van der Waals surface area (Å²) in [6.45, 7) is 0. The first-order valence-corrected chi connectivity index (χ1v) is 5.19. The van der Waals surface area contributed by atoms with Crippen molar-refractivity contribution < 1.29 is 36.8 Å². The van der Waals surface area contributed by atoms with Crippen molar-refractivity contribution in [3.8, 4) is 0 Å². The summed E-state index contributed by atoms with van der Waals surface area (Å²) in [6, 6.07) is 0. The highest BCUT2D eigenvalue weighted by Gasteiger charge is 2.76. The molecule has 2 fully saturated rings. The quantitative estimate of drug-likeness (QED) is 0.446. The van der Waals surface area contributed by atoms with E-state index in [-0.39, 0.29) is 0 Å². The Kier molecular flexibility index (Phi) is 1.23. The van der Waals surface area contributed by atoms with Gasteiger partial charge in [0, 0.05) is 0 Å². The maximum Gasteiger partial charge on any atom is 0.777 e. The van der Waals surface area contributed by atoms with Gasteiger partial charge in [-0.25, -0.2) is 0 Å². The van der Waals surface area contributed by atoms with Crippen LogP contribution in [0.2, 0.25) is 0 Å². The molecule has 2 saturated heterocycles. The van der Waals surface area contributed by atoms with Crippen molar-refractivity contribution in [3.63, 3.8) is 0 Å². The number of hydrogen-bond donors (Lipinski definition) is 2. The van der Waals surface area contributed by atoms with Crippen LogP contribution in [0.15, 0.2) is 0 Å². The molecule has 8 nitrogen and oxygen atoms in total. The van der Waals surface area contributed by atoms with Gasteiger partial charge in [-0.15, -0.1) is 0 Å².